The fraction of sp³-hybridized carbons (Fsp3) is 0.200. The molecule has 1 aromatic heterocycles. The van der Waals surface area contributed by atoms with Gasteiger partial charge in [-0.2, -0.15) is 9.29 Å². The van der Waals surface area contributed by atoms with Gasteiger partial charge in [0.1, 0.15) is 0 Å². The van der Waals surface area contributed by atoms with Gasteiger partial charge in [0, 0.05) is 12.1 Å². The zero-order valence-electron chi connectivity index (χ0n) is 15.3. The molecule has 0 aliphatic heterocycles. The first-order chi connectivity index (χ1) is 12.9. The standard InChI is InChI=1S/C20H21N3O3S/c1-4-13-23(27(24,25)18-11-7-16(3)8-12-18)14-19-21-20(22-26-19)17-9-5-15(2)6-10-17/h4-12H,1,13-14H2,2-3H3. The lowest BCUT2D eigenvalue weighted by atomic mass is 10.1. The largest absolute Gasteiger partial charge is 0.338 e. The summed E-state index contributed by atoms with van der Waals surface area (Å²) < 4.78 is 32.4. The molecule has 0 aliphatic carbocycles. The molecule has 6 nitrogen and oxygen atoms in total. The molecule has 0 fully saturated rings. The molecule has 0 saturated carbocycles. The lowest BCUT2D eigenvalue weighted by molar-refractivity contribution is 0.327. The second-order valence-corrected chi connectivity index (χ2v) is 8.21. The maximum absolute atomic E-state index is 12.9. The van der Waals surface area contributed by atoms with Crippen LogP contribution in [0.15, 0.2) is 70.6 Å². The highest BCUT2D eigenvalue weighted by molar-refractivity contribution is 7.89. The van der Waals surface area contributed by atoms with Gasteiger partial charge in [-0.25, -0.2) is 8.42 Å². The Morgan fingerprint density at radius 1 is 1.04 bits per heavy atom. The van der Waals surface area contributed by atoms with E-state index in [9.17, 15) is 8.42 Å². The average Bonchev–Trinajstić information content (AvgIpc) is 3.11. The average molecular weight is 383 g/mol. The molecule has 1 heterocycles. The third-order valence-corrected chi connectivity index (χ3v) is 5.91. The molecule has 0 aliphatic rings. The summed E-state index contributed by atoms with van der Waals surface area (Å²) in [7, 11) is -3.70. The number of sulfonamides is 1. The summed E-state index contributed by atoms with van der Waals surface area (Å²) in [6, 6.07) is 14.4. The van der Waals surface area contributed by atoms with Crippen LogP contribution < -0.4 is 0 Å². The van der Waals surface area contributed by atoms with Gasteiger partial charge >= 0.3 is 0 Å². The molecule has 2 aromatic carbocycles. The van der Waals surface area contributed by atoms with Crippen LogP contribution in [0, 0.1) is 13.8 Å². The topological polar surface area (TPSA) is 76.3 Å². The van der Waals surface area contributed by atoms with E-state index in [1.807, 2.05) is 38.1 Å². The molecule has 0 amide bonds. The Balaban J connectivity index is 1.85. The fourth-order valence-electron chi connectivity index (χ4n) is 2.54. The highest BCUT2D eigenvalue weighted by Gasteiger charge is 2.25. The van der Waals surface area contributed by atoms with Gasteiger partial charge in [0.05, 0.1) is 11.4 Å². The smallest absolute Gasteiger partial charge is 0.243 e. The maximum Gasteiger partial charge on any atom is 0.243 e. The van der Waals surface area contributed by atoms with Crippen LogP contribution in [0.3, 0.4) is 0 Å². The van der Waals surface area contributed by atoms with E-state index in [2.05, 4.69) is 16.7 Å². The SMILES string of the molecule is C=CCN(Cc1nc(-c2ccc(C)cc2)no1)S(=O)(=O)c1ccc(C)cc1. The fourth-order valence-corrected chi connectivity index (χ4v) is 3.90. The van der Waals surface area contributed by atoms with Crippen molar-refractivity contribution < 1.29 is 12.9 Å². The molecule has 0 N–H and O–H groups in total. The Bertz CT molecular complexity index is 1020. The van der Waals surface area contributed by atoms with Crippen molar-refractivity contribution in [2.75, 3.05) is 6.54 Å². The van der Waals surface area contributed by atoms with E-state index in [1.165, 1.54) is 10.4 Å². The summed E-state index contributed by atoms with van der Waals surface area (Å²) >= 11 is 0. The monoisotopic (exact) mass is 383 g/mol. The maximum atomic E-state index is 12.9. The van der Waals surface area contributed by atoms with Crippen molar-refractivity contribution in [3.8, 4) is 11.4 Å². The van der Waals surface area contributed by atoms with Gasteiger partial charge in [0.25, 0.3) is 0 Å². The van der Waals surface area contributed by atoms with E-state index >= 15 is 0 Å². The minimum absolute atomic E-state index is 0.0267. The zero-order chi connectivity index (χ0) is 19.4. The summed E-state index contributed by atoms with van der Waals surface area (Å²) in [5, 5.41) is 3.96. The quantitative estimate of drug-likeness (QED) is 0.581. The second-order valence-electron chi connectivity index (χ2n) is 6.28. The predicted molar refractivity (Wildman–Crippen MR) is 103 cm³/mol. The van der Waals surface area contributed by atoms with Gasteiger partial charge in [-0.15, -0.1) is 6.58 Å². The lowest BCUT2D eigenvalue weighted by Gasteiger charge is -2.18. The van der Waals surface area contributed by atoms with Gasteiger partial charge in [-0.05, 0) is 26.0 Å². The molecule has 0 bridgehead atoms. The van der Waals surface area contributed by atoms with Crippen molar-refractivity contribution >= 4 is 10.0 Å². The van der Waals surface area contributed by atoms with Crippen molar-refractivity contribution in [3.63, 3.8) is 0 Å². The van der Waals surface area contributed by atoms with Crippen LogP contribution in [0.1, 0.15) is 17.0 Å². The Hall–Kier alpha value is -2.77. The summed E-state index contributed by atoms with van der Waals surface area (Å²) in [4.78, 5) is 4.55. The van der Waals surface area contributed by atoms with Crippen LogP contribution in [0.4, 0.5) is 0 Å². The molecule has 140 valence electrons. The molecule has 27 heavy (non-hydrogen) atoms. The highest BCUT2D eigenvalue weighted by atomic mass is 32.2. The van der Waals surface area contributed by atoms with Crippen molar-refractivity contribution in [1.29, 1.82) is 0 Å². The van der Waals surface area contributed by atoms with Crippen molar-refractivity contribution in [2.24, 2.45) is 0 Å². The molecule has 0 radical (unpaired) electrons. The minimum Gasteiger partial charge on any atom is -0.338 e. The number of rotatable bonds is 7. The number of hydrogen-bond donors (Lipinski definition) is 0. The van der Waals surface area contributed by atoms with Crippen LogP contribution in [-0.4, -0.2) is 29.4 Å². The Morgan fingerprint density at radius 3 is 2.22 bits per heavy atom. The predicted octanol–water partition coefficient (Wildman–Crippen LogP) is 3.73. The number of aromatic nitrogens is 2. The molecular weight excluding hydrogens is 362 g/mol. The Kier molecular flexibility index (Phi) is 5.53. The van der Waals surface area contributed by atoms with Crippen LogP contribution in [-0.2, 0) is 16.6 Å². The van der Waals surface area contributed by atoms with Crippen LogP contribution in [0.5, 0.6) is 0 Å². The van der Waals surface area contributed by atoms with E-state index in [1.54, 1.807) is 24.3 Å². The molecule has 0 atom stereocenters. The highest BCUT2D eigenvalue weighted by Crippen LogP contribution is 2.21. The summed E-state index contributed by atoms with van der Waals surface area (Å²) in [5.41, 5.74) is 2.93. The number of nitrogens with zero attached hydrogens (tertiary/aromatic N) is 3. The van der Waals surface area contributed by atoms with E-state index < -0.39 is 10.0 Å². The third-order valence-electron chi connectivity index (χ3n) is 4.08. The normalized spacial score (nSPS) is 11.7. The second kappa shape index (κ2) is 7.85. The van der Waals surface area contributed by atoms with E-state index in [0.29, 0.717) is 5.82 Å². The third kappa shape index (κ3) is 4.32. The Labute approximate surface area is 159 Å². The van der Waals surface area contributed by atoms with Gasteiger partial charge in [0.2, 0.25) is 21.7 Å². The van der Waals surface area contributed by atoms with Crippen molar-refractivity contribution in [1.82, 2.24) is 14.4 Å². The zero-order valence-corrected chi connectivity index (χ0v) is 16.1. The van der Waals surface area contributed by atoms with E-state index in [4.69, 9.17) is 4.52 Å². The van der Waals surface area contributed by atoms with Gasteiger partial charge < -0.3 is 4.52 Å². The van der Waals surface area contributed by atoms with E-state index in [-0.39, 0.29) is 23.9 Å². The lowest BCUT2D eigenvalue weighted by Crippen LogP contribution is -2.31. The number of aryl methyl sites for hydroxylation is 2. The molecule has 0 spiro atoms. The summed E-state index contributed by atoms with van der Waals surface area (Å²) in [5.74, 6) is 0.652. The van der Waals surface area contributed by atoms with Crippen molar-refractivity contribution in [3.05, 3.63) is 78.2 Å². The van der Waals surface area contributed by atoms with Crippen LogP contribution >= 0.6 is 0 Å². The first-order valence-electron chi connectivity index (χ1n) is 8.47. The summed E-state index contributed by atoms with van der Waals surface area (Å²) in [6.45, 7) is 7.66. The molecular formula is C20H21N3O3S. The molecule has 3 aromatic rings. The van der Waals surface area contributed by atoms with Gasteiger partial charge in [-0.3, -0.25) is 0 Å². The van der Waals surface area contributed by atoms with Gasteiger partial charge in [0.15, 0.2) is 0 Å². The van der Waals surface area contributed by atoms with Crippen LogP contribution in [0.2, 0.25) is 0 Å². The molecule has 3 rings (SSSR count). The summed E-state index contributed by atoms with van der Waals surface area (Å²) in [6.07, 6.45) is 1.53. The number of hydrogen-bond acceptors (Lipinski definition) is 5. The molecule has 0 saturated heterocycles. The van der Waals surface area contributed by atoms with E-state index in [0.717, 1.165) is 16.7 Å². The first-order valence-corrected chi connectivity index (χ1v) is 9.91. The minimum atomic E-state index is -3.70. The number of benzene rings is 2. The Morgan fingerprint density at radius 2 is 1.63 bits per heavy atom. The molecule has 0 unspecified atom stereocenters. The van der Waals surface area contributed by atoms with Crippen molar-refractivity contribution in [2.45, 2.75) is 25.3 Å². The van der Waals surface area contributed by atoms with Crippen LogP contribution in [0.25, 0.3) is 11.4 Å². The van der Waals surface area contributed by atoms with Gasteiger partial charge in [-0.1, -0.05) is 58.8 Å². The first kappa shape index (κ1) is 19.0. The molecule has 7 heteroatoms.